The van der Waals surface area contributed by atoms with Crippen LogP contribution in [0.5, 0.6) is 5.75 Å². The van der Waals surface area contributed by atoms with Crippen LogP contribution in [-0.4, -0.2) is 66.1 Å². The van der Waals surface area contributed by atoms with Crippen molar-refractivity contribution >= 4 is 11.9 Å². The number of aliphatic carboxylic acids is 1. The van der Waals surface area contributed by atoms with Crippen LogP contribution in [0, 0.1) is 11.8 Å². The Hall–Kier alpha value is -2.08. The van der Waals surface area contributed by atoms with Gasteiger partial charge in [-0.2, -0.15) is 0 Å². The molecular weight excluding hydrogens is 344 g/mol. The van der Waals surface area contributed by atoms with Gasteiger partial charge in [-0.25, -0.2) is 0 Å². The zero-order chi connectivity index (χ0) is 19.6. The predicted molar refractivity (Wildman–Crippen MR) is 105 cm³/mol. The van der Waals surface area contributed by atoms with Crippen LogP contribution in [0.25, 0.3) is 0 Å². The van der Waals surface area contributed by atoms with Gasteiger partial charge in [-0.15, -0.1) is 0 Å². The van der Waals surface area contributed by atoms with E-state index in [2.05, 4.69) is 18.7 Å². The number of carbonyl (C=O) groups excluding carboxylic acids is 1. The third-order valence-corrected chi connectivity index (χ3v) is 5.50. The van der Waals surface area contributed by atoms with Gasteiger partial charge in [0.05, 0.1) is 0 Å². The molecule has 1 heterocycles. The Morgan fingerprint density at radius 2 is 1.89 bits per heavy atom. The Morgan fingerprint density at radius 3 is 2.52 bits per heavy atom. The van der Waals surface area contributed by atoms with Crippen LogP contribution < -0.4 is 4.74 Å². The van der Waals surface area contributed by atoms with Gasteiger partial charge in [-0.05, 0) is 56.4 Å². The Kier molecular flexibility index (Phi) is 8.58. The van der Waals surface area contributed by atoms with E-state index in [9.17, 15) is 14.7 Å². The molecule has 150 valence electrons. The van der Waals surface area contributed by atoms with Crippen LogP contribution in [0.1, 0.15) is 33.1 Å². The van der Waals surface area contributed by atoms with Gasteiger partial charge in [-0.1, -0.05) is 32.0 Å². The molecule has 1 aliphatic rings. The summed E-state index contributed by atoms with van der Waals surface area (Å²) in [5, 5.41) is 9.23. The average Bonchev–Trinajstić information content (AvgIpc) is 2.68. The maximum Gasteiger partial charge on any atom is 0.303 e. The summed E-state index contributed by atoms with van der Waals surface area (Å²) >= 11 is 0. The number of benzene rings is 1. The first-order valence-corrected chi connectivity index (χ1v) is 9.93. The molecule has 1 fully saturated rings. The first kappa shape index (κ1) is 21.2. The molecule has 0 aliphatic carbocycles. The second kappa shape index (κ2) is 10.9. The van der Waals surface area contributed by atoms with Gasteiger partial charge in [0.2, 0.25) is 0 Å². The molecule has 1 saturated heterocycles. The second-order valence-corrected chi connectivity index (χ2v) is 7.16. The van der Waals surface area contributed by atoms with Gasteiger partial charge in [0.15, 0.2) is 6.61 Å². The Morgan fingerprint density at radius 1 is 1.19 bits per heavy atom. The first-order chi connectivity index (χ1) is 13.0. The molecule has 2 rings (SSSR count). The summed E-state index contributed by atoms with van der Waals surface area (Å²) in [6, 6.07) is 9.32. The minimum Gasteiger partial charge on any atom is -0.484 e. The van der Waals surface area contributed by atoms with Gasteiger partial charge in [0.1, 0.15) is 5.75 Å². The molecule has 6 heteroatoms. The molecule has 27 heavy (non-hydrogen) atoms. The summed E-state index contributed by atoms with van der Waals surface area (Å²) in [5.41, 5.74) is 0. The lowest BCUT2D eigenvalue weighted by Gasteiger charge is -2.39. The SMILES string of the molecule is CCN(CC)CC[C@@H]1CN(C(=O)COc2ccccc2)CC[C@H]1CC(=O)O. The highest BCUT2D eigenvalue weighted by atomic mass is 16.5. The highest BCUT2D eigenvalue weighted by Crippen LogP contribution is 2.29. The summed E-state index contributed by atoms with van der Waals surface area (Å²) < 4.78 is 5.59. The van der Waals surface area contributed by atoms with E-state index in [-0.39, 0.29) is 30.8 Å². The smallest absolute Gasteiger partial charge is 0.303 e. The van der Waals surface area contributed by atoms with E-state index < -0.39 is 5.97 Å². The fourth-order valence-corrected chi connectivity index (χ4v) is 3.77. The third kappa shape index (κ3) is 6.86. The summed E-state index contributed by atoms with van der Waals surface area (Å²) in [4.78, 5) is 28.0. The molecule has 1 amide bonds. The summed E-state index contributed by atoms with van der Waals surface area (Å²) in [6.45, 7) is 8.44. The lowest BCUT2D eigenvalue weighted by molar-refractivity contribution is -0.140. The van der Waals surface area contributed by atoms with Crippen LogP contribution in [0.4, 0.5) is 0 Å². The van der Waals surface area contributed by atoms with Crippen LogP contribution in [0.15, 0.2) is 30.3 Å². The molecule has 0 bridgehead atoms. The molecule has 1 N–H and O–H groups in total. The molecule has 2 atom stereocenters. The van der Waals surface area contributed by atoms with Crippen molar-refractivity contribution in [2.75, 3.05) is 39.3 Å². The quantitative estimate of drug-likeness (QED) is 0.680. The summed E-state index contributed by atoms with van der Waals surface area (Å²) in [5.74, 6) is 0.262. The van der Waals surface area contributed by atoms with Crippen LogP contribution >= 0.6 is 0 Å². The number of carboxylic acids is 1. The van der Waals surface area contributed by atoms with Crippen molar-refractivity contribution < 1.29 is 19.4 Å². The molecule has 6 nitrogen and oxygen atoms in total. The molecule has 1 aromatic rings. The molecule has 0 radical (unpaired) electrons. The number of hydrogen-bond acceptors (Lipinski definition) is 4. The highest BCUT2D eigenvalue weighted by Gasteiger charge is 2.32. The van der Waals surface area contributed by atoms with Crippen LogP contribution in [-0.2, 0) is 9.59 Å². The molecule has 1 aliphatic heterocycles. The monoisotopic (exact) mass is 376 g/mol. The van der Waals surface area contributed by atoms with E-state index in [1.165, 1.54) is 0 Å². The lowest BCUT2D eigenvalue weighted by Crippen LogP contribution is -2.46. The van der Waals surface area contributed by atoms with Crippen molar-refractivity contribution in [2.24, 2.45) is 11.8 Å². The molecule has 1 aromatic carbocycles. The molecule has 0 aromatic heterocycles. The fraction of sp³-hybridized carbons (Fsp3) is 0.619. The van der Waals surface area contributed by atoms with Crippen molar-refractivity contribution in [3.8, 4) is 5.75 Å². The maximum absolute atomic E-state index is 12.6. The normalized spacial score (nSPS) is 19.9. The predicted octanol–water partition coefficient (Wildman–Crippen LogP) is 2.74. The fourth-order valence-electron chi connectivity index (χ4n) is 3.77. The zero-order valence-electron chi connectivity index (χ0n) is 16.5. The van der Waals surface area contributed by atoms with Crippen LogP contribution in [0.2, 0.25) is 0 Å². The van der Waals surface area contributed by atoms with E-state index in [4.69, 9.17) is 4.74 Å². The number of hydrogen-bond donors (Lipinski definition) is 1. The number of ether oxygens (including phenoxy) is 1. The number of carbonyl (C=O) groups is 2. The summed E-state index contributed by atoms with van der Waals surface area (Å²) in [6.07, 6.45) is 1.85. The van der Waals surface area contributed by atoms with E-state index in [0.717, 1.165) is 32.5 Å². The molecule has 0 unspecified atom stereocenters. The number of likely N-dealkylation sites (tertiary alicyclic amines) is 1. The van der Waals surface area contributed by atoms with Crippen LogP contribution in [0.3, 0.4) is 0 Å². The van der Waals surface area contributed by atoms with Gasteiger partial charge in [-0.3, -0.25) is 9.59 Å². The van der Waals surface area contributed by atoms with Gasteiger partial charge in [0, 0.05) is 19.5 Å². The van der Waals surface area contributed by atoms with Gasteiger partial charge < -0.3 is 19.6 Å². The maximum atomic E-state index is 12.6. The van der Waals surface area contributed by atoms with Gasteiger partial charge in [0.25, 0.3) is 5.91 Å². The van der Waals surface area contributed by atoms with E-state index in [1.807, 2.05) is 35.2 Å². The van der Waals surface area contributed by atoms with Crippen molar-refractivity contribution in [1.82, 2.24) is 9.80 Å². The first-order valence-electron chi connectivity index (χ1n) is 9.93. The number of amides is 1. The summed E-state index contributed by atoms with van der Waals surface area (Å²) in [7, 11) is 0. The third-order valence-electron chi connectivity index (χ3n) is 5.50. The number of carboxylic acid groups (broad SMARTS) is 1. The number of para-hydroxylation sites is 1. The van der Waals surface area contributed by atoms with Gasteiger partial charge >= 0.3 is 5.97 Å². The molecule has 0 saturated carbocycles. The highest BCUT2D eigenvalue weighted by molar-refractivity contribution is 5.78. The minimum atomic E-state index is -0.750. The van der Waals surface area contributed by atoms with Crippen molar-refractivity contribution in [3.05, 3.63) is 30.3 Å². The molecule has 0 spiro atoms. The average molecular weight is 376 g/mol. The number of nitrogens with zero attached hydrogens (tertiary/aromatic N) is 2. The van der Waals surface area contributed by atoms with Crippen molar-refractivity contribution in [2.45, 2.75) is 33.1 Å². The Balaban J connectivity index is 1.92. The largest absolute Gasteiger partial charge is 0.484 e. The Labute approximate surface area is 162 Å². The standard InChI is InChI=1S/C21H32N2O4/c1-3-22(4-2)12-10-18-15-23(13-11-17(18)14-21(25)26)20(24)16-27-19-8-6-5-7-9-19/h5-9,17-18H,3-4,10-16H2,1-2H3,(H,25,26)/t17-,18+/m0/s1. The minimum absolute atomic E-state index is 0.0242. The van der Waals surface area contributed by atoms with E-state index in [1.54, 1.807) is 0 Å². The Bertz CT molecular complexity index is 589. The second-order valence-electron chi connectivity index (χ2n) is 7.16. The van der Waals surface area contributed by atoms with E-state index >= 15 is 0 Å². The number of rotatable bonds is 10. The zero-order valence-corrected chi connectivity index (χ0v) is 16.5. The number of piperidine rings is 1. The topological polar surface area (TPSA) is 70.1 Å². The van der Waals surface area contributed by atoms with Crippen molar-refractivity contribution in [3.63, 3.8) is 0 Å². The lowest BCUT2D eigenvalue weighted by atomic mass is 9.81. The molecular formula is C21H32N2O4. The van der Waals surface area contributed by atoms with E-state index in [0.29, 0.717) is 18.8 Å². The van der Waals surface area contributed by atoms with Crippen molar-refractivity contribution in [1.29, 1.82) is 0 Å².